The predicted molar refractivity (Wildman–Crippen MR) is 147 cm³/mol. The molecule has 2 aromatic carbocycles. The molecule has 0 bridgehead atoms. The van der Waals surface area contributed by atoms with Gasteiger partial charge in [0.05, 0.1) is 17.8 Å². The molecular formula is C29H26N8O. The van der Waals surface area contributed by atoms with Crippen LogP contribution >= 0.6 is 0 Å². The zero-order chi connectivity index (χ0) is 26.9. The topological polar surface area (TPSA) is 132 Å². The summed E-state index contributed by atoms with van der Waals surface area (Å²) in [6.45, 7) is 7.60. The highest BCUT2D eigenvalue weighted by atomic mass is 16.1. The number of hydrogen-bond donors (Lipinski definition) is 3. The van der Waals surface area contributed by atoms with Crippen molar-refractivity contribution in [2.75, 3.05) is 10.6 Å². The molecule has 188 valence electrons. The van der Waals surface area contributed by atoms with Crippen molar-refractivity contribution in [3.8, 4) is 17.3 Å². The molecule has 0 spiro atoms. The molecule has 0 radical (unpaired) electrons. The van der Waals surface area contributed by atoms with Gasteiger partial charge in [-0.2, -0.15) is 5.26 Å². The van der Waals surface area contributed by atoms with Crippen molar-refractivity contribution in [2.24, 2.45) is 0 Å². The summed E-state index contributed by atoms with van der Waals surface area (Å²) >= 11 is 0. The largest absolute Gasteiger partial charge is 0.339 e. The van der Waals surface area contributed by atoms with Gasteiger partial charge in [-0.15, -0.1) is 0 Å². The number of aromatic nitrogens is 5. The summed E-state index contributed by atoms with van der Waals surface area (Å²) in [7, 11) is 0. The van der Waals surface area contributed by atoms with E-state index in [0.29, 0.717) is 33.9 Å². The number of aromatic amines is 1. The van der Waals surface area contributed by atoms with Crippen LogP contribution in [0.4, 0.5) is 17.2 Å². The van der Waals surface area contributed by atoms with E-state index in [4.69, 9.17) is 0 Å². The maximum atomic E-state index is 13.2. The zero-order valence-corrected chi connectivity index (χ0v) is 21.5. The second-order valence-corrected chi connectivity index (χ2v) is 9.55. The highest BCUT2D eigenvalue weighted by molar-refractivity contribution is 6.05. The summed E-state index contributed by atoms with van der Waals surface area (Å²) in [6, 6.07) is 17.0. The highest BCUT2D eigenvalue weighted by Gasteiger charge is 2.21. The lowest BCUT2D eigenvalue weighted by molar-refractivity contribution is 0.102. The smallest absolute Gasteiger partial charge is 0.255 e. The van der Waals surface area contributed by atoms with Crippen molar-refractivity contribution >= 4 is 34.3 Å². The number of benzene rings is 2. The summed E-state index contributed by atoms with van der Waals surface area (Å²) in [4.78, 5) is 33.8. The maximum absolute atomic E-state index is 13.2. The van der Waals surface area contributed by atoms with Gasteiger partial charge in [0, 0.05) is 28.7 Å². The molecule has 9 nitrogen and oxygen atoms in total. The molecule has 0 saturated carbocycles. The third kappa shape index (κ3) is 4.55. The van der Waals surface area contributed by atoms with Crippen molar-refractivity contribution in [3.05, 3.63) is 89.6 Å². The fourth-order valence-electron chi connectivity index (χ4n) is 4.26. The third-order valence-corrected chi connectivity index (χ3v) is 6.57. The van der Waals surface area contributed by atoms with Crippen LogP contribution < -0.4 is 10.6 Å². The number of nitrogens with zero attached hydrogens (tertiary/aromatic N) is 5. The monoisotopic (exact) mass is 502 g/mol. The van der Waals surface area contributed by atoms with E-state index in [-0.39, 0.29) is 5.91 Å². The number of pyridine rings is 1. The fraction of sp³-hybridized carbons (Fsp3) is 0.172. The molecule has 0 aliphatic heterocycles. The first-order valence-electron chi connectivity index (χ1n) is 12.1. The number of aryl methyl sites for hydroxylation is 1. The van der Waals surface area contributed by atoms with E-state index in [0.717, 1.165) is 27.9 Å². The van der Waals surface area contributed by atoms with Crippen molar-refractivity contribution < 1.29 is 4.79 Å². The first-order chi connectivity index (χ1) is 18.3. The lowest BCUT2D eigenvalue weighted by Gasteiger charge is -2.19. The van der Waals surface area contributed by atoms with Crippen LogP contribution in [0.1, 0.15) is 40.9 Å². The quantitative estimate of drug-likeness (QED) is 0.266. The van der Waals surface area contributed by atoms with Crippen molar-refractivity contribution in [3.63, 3.8) is 0 Å². The highest BCUT2D eigenvalue weighted by Crippen LogP contribution is 2.34. The van der Waals surface area contributed by atoms with Gasteiger partial charge >= 0.3 is 0 Å². The lowest BCUT2D eigenvalue weighted by atomic mass is 9.85. The van der Waals surface area contributed by atoms with E-state index in [9.17, 15) is 10.1 Å². The van der Waals surface area contributed by atoms with Crippen LogP contribution in [-0.4, -0.2) is 30.8 Å². The van der Waals surface area contributed by atoms with E-state index < -0.39 is 5.41 Å². The van der Waals surface area contributed by atoms with Crippen LogP contribution in [0.15, 0.2) is 67.4 Å². The van der Waals surface area contributed by atoms with Gasteiger partial charge in [-0.3, -0.25) is 4.79 Å². The van der Waals surface area contributed by atoms with Gasteiger partial charge in [0.15, 0.2) is 5.65 Å². The standard InChI is InChI=1S/C29H26N8O/c1-17-10-11-22(36-28(38)19-7-5-8-20(13-19)29(3,4)14-30)18(2)23(17)37-26-21(9-6-12-31-26)24-25-27(34-15-32-24)35-16-33-25/h5-13,15-16H,1-4H3,(H,31,37)(H,36,38)(H,32,33,34,35). The molecule has 38 heavy (non-hydrogen) atoms. The maximum Gasteiger partial charge on any atom is 0.255 e. The van der Waals surface area contributed by atoms with Gasteiger partial charge in [-0.05, 0) is 74.7 Å². The number of carbonyl (C=O) groups is 1. The van der Waals surface area contributed by atoms with Crippen LogP contribution in [0, 0.1) is 25.2 Å². The van der Waals surface area contributed by atoms with Crippen molar-refractivity contribution in [2.45, 2.75) is 33.1 Å². The molecule has 5 aromatic rings. The Labute approximate surface area is 220 Å². The third-order valence-electron chi connectivity index (χ3n) is 6.57. The Morgan fingerprint density at radius 3 is 2.68 bits per heavy atom. The first kappa shape index (κ1) is 24.6. The molecule has 3 heterocycles. The average molecular weight is 503 g/mol. The molecule has 1 amide bonds. The fourth-order valence-corrected chi connectivity index (χ4v) is 4.26. The molecular weight excluding hydrogens is 476 g/mol. The van der Waals surface area contributed by atoms with Crippen LogP contribution in [0.25, 0.3) is 22.4 Å². The normalized spacial score (nSPS) is 11.2. The Bertz CT molecular complexity index is 1710. The average Bonchev–Trinajstić information content (AvgIpc) is 3.42. The Morgan fingerprint density at radius 1 is 1.03 bits per heavy atom. The van der Waals surface area contributed by atoms with Crippen LogP contribution in [0.3, 0.4) is 0 Å². The second kappa shape index (κ2) is 9.75. The van der Waals surface area contributed by atoms with E-state index >= 15 is 0 Å². The van der Waals surface area contributed by atoms with E-state index in [1.54, 1.807) is 30.7 Å². The van der Waals surface area contributed by atoms with Gasteiger partial charge < -0.3 is 15.6 Å². The summed E-state index contributed by atoms with van der Waals surface area (Å²) in [5.74, 6) is 0.357. The van der Waals surface area contributed by atoms with E-state index in [1.807, 2.05) is 58.0 Å². The van der Waals surface area contributed by atoms with E-state index in [1.165, 1.54) is 6.33 Å². The number of rotatable bonds is 6. The number of nitrogens with one attached hydrogen (secondary N) is 3. The number of amides is 1. The number of carbonyl (C=O) groups excluding carboxylic acids is 1. The van der Waals surface area contributed by atoms with Crippen LogP contribution in [0.5, 0.6) is 0 Å². The summed E-state index contributed by atoms with van der Waals surface area (Å²) in [5.41, 5.74) is 6.65. The number of fused-ring (bicyclic) bond motifs is 1. The molecule has 0 atom stereocenters. The first-order valence-corrected chi connectivity index (χ1v) is 12.1. The molecule has 0 aliphatic rings. The molecule has 0 fully saturated rings. The van der Waals surface area contributed by atoms with Crippen molar-refractivity contribution in [1.82, 2.24) is 24.9 Å². The Hall–Kier alpha value is -5.10. The minimum absolute atomic E-state index is 0.251. The minimum Gasteiger partial charge on any atom is -0.339 e. The molecule has 5 rings (SSSR count). The molecule has 9 heteroatoms. The Balaban J connectivity index is 1.47. The van der Waals surface area contributed by atoms with Crippen LogP contribution in [-0.2, 0) is 5.41 Å². The van der Waals surface area contributed by atoms with Crippen LogP contribution in [0.2, 0.25) is 0 Å². The molecule has 0 unspecified atom stereocenters. The second-order valence-electron chi connectivity index (χ2n) is 9.55. The number of imidazole rings is 1. The number of anilines is 3. The van der Waals surface area contributed by atoms with Gasteiger partial charge in [-0.25, -0.2) is 19.9 Å². The Morgan fingerprint density at radius 2 is 1.87 bits per heavy atom. The Kier molecular flexibility index (Phi) is 6.31. The van der Waals surface area contributed by atoms with E-state index in [2.05, 4.69) is 41.6 Å². The lowest BCUT2D eigenvalue weighted by Crippen LogP contribution is -2.17. The molecule has 3 aromatic heterocycles. The SMILES string of the molecule is Cc1ccc(NC(=O)c2cccc(C(C)(C)C#N)c2)c(C)c1Nc1ncccc1-c1ncnc2[nH]cnc12. The summed E-state index contributed by atoms with van der Waals surface area (Å²) < 4.78 is 0. The summed E-state index contributed by atoms with van der Waals surface area (Å²) in [5, 5.41) is 16.0. The van der Waals surface area contributed by atoms with Gasteiger partial charge in [0.25, 0.3) is 5.91 Å². The van der Waals surface area contributed by atoms with Gasteiger partial charge in [0.1, 0.15) is 23.4 Å². The number of hydrogen-bond acceptors (Lipinski definition) is 7. The summed E-state index contributed by atoms with van der Waals surface area (Å²) in [6.07, 6.45) is 4.79. The van der Waals surface area contributed by atoms with Gasteiger partial charge in [-0.1, -0.05) is 18.2 Å². The molecule has 3 N–H and O–H groups in total. The minimum atomic E-state index is -0.696. The number of H-pyrrole nitrogens is 1. The number of nitriles is 1. The predicted octanol–water partition coefficient (Wildman–Crippen LogP) is 5.83. The molecule has 0 aliphatic carbocycles. The van der Waals surface area contributed by atoms with Gasteiger partial charge in [0.2, 0.25) is 0 Å². The molecule has 0 saturated heterocycles. The zero-order valence-electron chi connectivity index (χ0n) is 21.5. The van der Waals surface area contributed by atoms with Crippen molar-refractivity contribution in [1.29, 1.82) is 5.26 Å².